The second-order valence-corrected chi connectivity index (χ2v) is 9.77. The number of halogens is 2. The van der Waals surface area contributed by atoms with Gasteiger partial charge in [0.2, 0.25) is 5.91 Å². The third kappa shape index (κ3) is 8.25. The molecule has 37 heavy (non-hydrogen) atoms. The molecule has 1 aromatic carbocycles. The van der Waals surface area contributed by atoms with Crippen LogP contribution in [0.1, 0.15) is 30.0 Å². The van der Waals surface area contributed by atoms with Crippen LogP contribution in [-0.4, -0.2) is 62.1 Å². The molecule has 196 valence electrons. The molecule has 3 aromatic rings. The van der Waals surface area contributed by atoms with Crippen LogP contribution in [0.3, 0.4) is 0 Å². The molecule has 0 spiro atoms. The summed E-state index contributed by atoms with van der Waals surface area (Å²) in [6.45, 7) is 0.0762. The Morgan fingerprint density at radius 3 is 2.43 bits per heavy atom. The largest absolute Gasteiger partial charge is 0.394 e. The van der Waals surface area contributed by atoms with E-state index in [0.717, 1.165) is 22.3 Å². The third-order valence-electron chi connectivity index (χ3n) is 5.64. The molecule has 3 heterocycles. The fourth-order valence-corrected chi connectivity index (χ4v) is 3.84. The Hall–Kier alpha value is -3.52. The van der Waals surface area contributed by atoms with Gasteiger partial charge in [-0.2, -0.15) is 13.5 Å². The van der Waals surface area contributed by atoms with Crippen molar-refractivity contribution < 1.29 is 31.1 Å². The van der Waals surface area contributed by atoms with Crippen LogP contribution in [0.25, 0.3) is 17.2 Å². The fraction of sp³-hybridized carbons (Fsp3) is 0.292. The Labute approximate surface area is 212 Å². The van der Waals surface area contributed by atoms with Crippen molar-refractivity contribution in [3.63, 3.8) is 0 Å². The van der Waals surface area contributed by atoms with Crippen LogP contribution >= 0.6 is 0 Å². The van der Waals surface area contributed by atoms with Gasteiger partial charge in [0, 0.05) is 48.0 Å². The van der Waals surface area contributed by atoms with Gasteiger partial charge >= 0.3 is 10.4 Å². The molecule has 2 fully saturated rings. The Morgan fingerprint density at radius 1 is 1.14 bits per heavy atom. The first-order valence-corrected chi connectivity index (χ1v) is 12.7. The second kappa shape index (κ2) is 10.8. The number of anilines is 1. The minimum Gasteiger partial charge on any atom is -0.323 e. The molecule has 3 N–H and O–H groups in total. The van der Waals surface area contributed by atoms with E-state index in [0.29, 0.717) is 18.3 Å². The maximum absolute atomic E-state index is 12.9. The van der Waals surface area contributed by atoms with Crippen molar-refractivity contribution in [3.05, 3.63) is 72.3 Å². The predicted octanol–water partition coefficient (Wildman–Crippen LogP) is 3.73. The topological polar surface area (TPSA) is 138 Å². The average molecular weight is 534 g/mol. The van der Waals surface area contributed by atoms with E-state index < -0.39 is 16.3 Å². The summed E-state index contributed by atoms with van der Waals surface area (Å²) in [6.07, 6.45) is 12.9. The summed E-state index contributed by atoms with van der Waals surface area (Å²) < 4.78 is 59.5. The summed E-state index contributed by atoms with van der Waals surface area (Å²) in [5.74, 6) is -2.82. The number of aromatic nitrogens is 3. The van der Waals surface area contributed by atoms with Crippen molar-refractivity contribution >= 4 is 28.1 Å². The average Bonchev–Trinajstić information content (AvgIpc) is 3.54. The Morgan fingerprint density at radius 2 is 1.81 bits per heavy atom. The number of nitrogens with one attached hydrogen (secondary N) is 1. The SMILES string of the molecule is O=C(C=Cc1cnccc1-c1cnn(C2CC2)c1)Nc1ccc(CN2CC(F)(F)C2)cc1.O=S(=O)(O)O. The molecule has 2 aromatic heterocycles. The molecule has 1 amide bonds. The van der Waals surface area contributed by atoms with Crippen LogP contribution in [0.15, 0.2) is 61.2 Å². The van der Waals surface area contributed by atoms with E-state index in [2.05, 4.69) is 15.4 Å². The Bertz CT molecular complexity index is 1370. The summed E-state index contributed by atoms with van der Waals surface area (Å²) in [7, 11) is -4.67. The standard InChI is InChI=1S/C24H23F2N5O.H2O4S/c25-24(26)15-30(16-24)13-17-1-4-20(5-2-17)29-23(32)8-3-18-11-27-10-9-22(18)19-12-28-31(14-19)21-6-7-21;1-5(2,3)4/h1-5,8-12,14,21H,6-7,13,15-16H2,(H,29,32);(H2,1,2,3,4). The van der Waals surface area contributed by atoms with Crippen LogP contribution in [0.4, 0.5) is 14.5 Å². The van der Waals surface area contributed by atoms with Crippen LogP contribution in [-0.2, 0) is 21.7 Å². The van der Waals surface area contributed by atoms with Crippen molar-refractivity contribution in [2.75, 3.05) is 18.4 Å². The maximum Gasteiger partial charge on any atom is 0.394 e. The third-order valence-corrected chi connectivity index (χ3v) is 5.64. The van der Waals surface area contributed by atoms with Gasteiger partial charge in [0.05, 0.1) is 25.3 Å². The summed E-state index contributed by atoms with van der Waals surface area (Å²) in [4.78, 5) is 18.3. The zero-order valence-corrected chi connectivity index (χ0v) is 20.4. The van der Waals surface area contributed by atoms with Crippen molar-refractivity contribution in [1.82, 2.24) is 19.7 Å². The van der Waals surface area contributed by atoms with E-state index in [4.69, 9.17) is 17.5 Å². The first-order valence-electron chi connectivity index (χ1n) is 11.3. The van der Waals surface area contributed by atoms with Gasteiger partial charge < -0.3 is 5.32 Å². The van der Waals surface area contributed by atoms with Crippen LogP contribution in [0.2, 0.25) is 0 Å². The molecule has 0 radical (unpaired) electrons. The van der Waals surface area contributed by atoms with Crippen LogP contribution in [0, 0.1) is 0 Å². The Kier molecular flexibility index (Phi) is 7.78. The summed E-state index contributed by atoms with van der Waals surface area (Å²) in [6, 6.07) is 9.66. The first-order chi connectivity index (χ1) is 17.4. The smallest absolute Gasteiger partial charge is 0.323 e. The van der Waals surface area contributed by atoms with Gasteiger partial charge in [-0.1, -0.05) is 12.1 Å². The minimum atomic E-state index is -4.67. The van der Waals surface area contributed by atoms with E-state index in [-0.39, 0.29) is 19.0 Å². The molecule has 10 nitrogen and oxygen atoms in total. The number of rotatable bonds is 7. The molecule has 2 aliphatic rings. The molecule has 1 saturated carbocycles. The molecule has 5 rings (SSSR count). The molecule has 0 atom stereocenters. The summed E-state index contributed by atoms with van der Waals surface area (Å²) in [5, 5.41) is 7.26. The lowest BCUT2D eigenvalue weighted by molar-refractivity contribution is -0.133. The second-order valence-electron chi connectivity index (χ2n) is 8.87. The Balaban J connectivity index is 0.000000586. The van der Waals surface area contributed by atoms with E-state index >= 15 is 0 Å². The lowest BCUT2D eigenvalue weighted by Crippen LogP contribution is -2.55. The number of nitrogens with zero attached hydrogens (tertiary/aromatic N) is 4. The molecule has 0 bridgehead atoms. The molecular formula is C24H25F2N5O5S. The van der Waals surface area contributed by atoms with Gasteiger partial charge in [0.15, 0.2) is 0 Å². The lowest BCUT2D eigenvalue weighted by atomic mass is 10.0. The van der Waals surface area contributed by atoms with Crippen molar-refractivity contribution in [1.29, 1.82) is 0 Å². The maximum atomic E-state index is 12.9. The van der Waals surface area contributed by atoms with E-state index in [9.17, 15) is 13.6 Å². The number of pyridine rings is 1. The van der Waals surface area contributed by atoms with Crippen LogP contribution < -0.4 is 5.32 Å². The van der Waals surface area contributed by atoms with Crippen molar-refractivity contribution in [3.8, 4) is 11.1 Å². The normalized spacial score (nSPS) is 17.1. The quantitative estimate of drug-likeness (QED) is 0.309. The molecule has 1 aliphatic heterocycles. The molecule has 1 aliphatic carbocycles. The lowest BCUT2D eigenvalue weighted by Gasteiger charge is -2.38. The number of carbonyl (C=O) groups is 1. The van der Waals surface area contributed by atoms with Crippen LogP contribution in [0.5, 0.6) is 0 Å². The highest BCUT2D eigenvalue weighted by Gasteiger charge is 2.43. The summed E-state index contributed by atoms with van der Waals surface area (Å²) in [5.41, 5.74) is 4.38. The predicted molar refractivity (Wildman–Crippen MR) is 132 cm³/mol. The highest BCUT2D eigenvalue weighted by Crippen LogP contribution is 2.35. The first kappa shape index (κ1) is 26.5. The minimum absolute atomic E-state index is 0.200. The molecule has 0 unspecified atom stereocenters. The number of benzene rings is 1. The number of hydrogen-bond donors (Lipinski definition) is 3. The van der Waals surface area contributed by atoms with E-state index in [1.54, 1.807) is 35.5 Å². The zero-order valence-electron chi connectivity index (χ0n) is 19.5. The van der Waals surface area contributed by atoms with Gasteiger partial charge in [-0.3, -0.25) is 28.5 Å². The monoisotopic (exact) mass is 533 g/mol. The summed E-state index contributed by atoms with van der Waals surface area (Å²) >= 11 is 0. The molecule has 13 heteroatoms. The highest BCUT2D eigenvalue weighted by atomic mass is 32.3. The molecule has 1 saturated heterocycles. The van der Waals surface area contributed by atoms with E-state index in [1.165, 1.54) is 18.9 Å². The van der Waals surface area contributed by atoms with Gasteiger partial charge in [-0.25, -0.2) is 8.78 Å². The number of amides is 1. The fourth-order valence-electron chi connectivity index (χ4n) is 3.84. The van der Waals surface area contributed by atoms with Gasteiger partial charge in [0.25, 0.3) is 5.92 Å². The number of carbonyl (C=O) groups excluding carboxylic acids is 1. The van der Waals surface area contributed by atoms with Gasteiger partial charge in [0.1, 0.15) is 0 Å². The number of likely N-dealkylation sites (tertiary alicyclic amines) is 1. The highest BCUT2D eigenvalue weighted by molar-refractivity contribution is 7.79. The van der Waals surface area contributed by atoms with E-state index in [1.807, 2.05) is 35.3 Å². The number of hydrogen-bond acceptors (Lipinski definition) is 6. The van der Waals surface area contributed by atoms with Crippen molar-refractivity contribution in [2.45, 2.75) is 31.4 Å². The van der Waals surface area contributed by atoms with Crippen molar-refractivity contribution in [2.24, 2.45) is 0 Å². The van der Waals surface area contributed by atoms with Gasteiger partial charge in [-0.15, -0.1) is 0 Å². The van der Waals surface area contributed by atoms with Gasteiger partial charge in [-0.05, 0) is 48.2 Å². The number of alkyl halides is 2. The zero-order chi connectivity index (χ0) is 26.6. The molecular weight excluding hydrogens is 508 g/mol.